The van der Waals surface area contributed by atoms with Crippen LogP contribution in [0.1, 0.15) is 31.2 Å². The van der Waals surface area contributed by atoms with Gasteiger partial charge in [0.25, 0.3) is 0 Å². The van der Waals surface area contributed by atoms with Crippen LogP contribution in [0.2, 0.25) is 10.0 Å². The van der Waals surface area contributed by atoms with Crippen molar-refractivity contribution in [2.24, 2.45) is 5.73 Å². The second-order valence-electron chi connectivity index (χ2n) is 8.39. The van der Waals surface area contributed by atoms with E-state index in [2.05, 4.69) is 15.3 Å². The van der Waals surface area contributed by atoms with Crippen molar-refractivity contribution in [2.75, 3.05) is 5.32 Å². The number of nitrogens with two attached hydrogens (primary N) is 1. The Morgan fingerprint density at radius 3 is 2.62 bits per heavy atom. The highest BCUT2D eigenvalue weighted by atomic mass is 35.5. The van der Waals surface area contributed by atoms with Crippen molar-refractivity contribution in [1.29, 1.82) is 0 Å². The standard InChI is InChI=1S/C24H24Cl2N6/c1-14-5-10-19(20(26)11-14)23-31-21-22(30-17-4-2-3-16(27)12-17)28-13-29-24(21)32(23)18-8-6-15(25)7-9-18/h5-11,13,16-17H,2-4,12,27H2,1H3,(H,28,29,30). The summed E-state index contributed by atoms with van der Waals surface area (Å²) in [6.07, 6.45) is 5.73. The van der Waals surface area contributed by atoms with Crippen LogP contribution < -0.4 is 11.1 Å². The maximum absolute atomic E-state index is 6.65. The average Bonchev–Trinajstić information content (AvgIpc) is 3.15. The predicted molar refractivity (Wildman–Crippen MR) is 131 cm³/mol. The van der Waals surface area contributed by atoms with E-state index in [-0.39, 0.29) is 12.1 Å². The van der Waals surface area contributed by atoms with E-state index in [9.17, 15) is 0 Å². The molecule has 2 atom stereocenters. The molecule has 1 fully saturated rings. The normalized spacial score (nSPS) is 18.8. The molecule has 32 heavy (non-hydrogen) atoms. The fourth-order valence-electron chi connectivity index (χ4n) is 4.37. The molecule has 0 bridgehead atoms. The zero-order chi connectivity index (χ0) is 22.2. The van der Waals surface area contributed by atoms with E-state index in [1.807, 2.05) is 54.0 Å². The highest BCUT2D eigenvalue weighted by Crippen LogP contribution is 2.35. The molecule has 0 radical (unpaired) electrons. The van der Waals surface area contributed by atoms with E-state index in [4.69, 9.17) is 33.9 Å². The lowest BCUT2D eigenvalue weighted by Gasteiger charge is -2.27. The van der Waals surface area contributed by atoms with E-state index in [1.165, 1.54) is 0 Å². The molecule has 6 nitrogen and oxygen atoms in total. The number of hydrogen-bond acceptors (Lipinski definition) is 5. The first-order valence-corrected chi connectivity index (χ1v) is 11.5. The van der Waals surface area contributed by atoms with Gasteiger partial charge in [0.05, 0.1) is 5.02 Å². The Bertz CT molecular complexity index is 1270. The number of nitrogens with zero attached hydrogens (tertiary/aromatic N) is 4. The number of fused-ring (bicyclic) bond motifs is 1. The smallest absolute Gasteiger partial charge is 0.170 e. The van der Waals surface area contributed by atoms with E-state index in [0.717, 1.165) is 42.5 Å². The lowest BCUT2D eigenvalue weighted by atomic mass is 9.92. The topological polar surface area (TPSA) is 81.7 Å². The summed E-state index contributed by atoms with van der Waals surface area (Å²) in [5.41, 5.74) is 10.4. The minimum absolute atomic E-state index is 0.215. The third-order valence-corrected chi connectivity index (χ3v) is 6.51. The third-order valence-electron chi connectivity index (χ3n) is 5.95. The van der Waals surface area contributed by atoms with Crippen molar-refractivity contribution < 1.29 is 0 Å². The zero-order valence-corrected chi connectivity index (χ0v) is 19.2. The molecule has 2 aromatic heterocycles. The molecule has 4 aromatic rings. The van der Waals surface area contributed by atoms with Crippen LogP contribution in [-0.4, -0.2) is 31.6 Å². The summed E-state index contributed by atoms with van der Waals surface area (Å²) in [6.45, 7) is 2.01. The summed E-state index contributed by atoms with van der Waals surface area (Å²) in [7, 11) is 0. The minimum Gasteiger partial charge on any atom is -0.365 e. The Morgan fingerprint density at radius 2 is 1.88 bits per heavy atom. The van der Waals surface area contributed by atoms with Gasteiger partial charge >= 0.3 is 0 Å². The Labute approximate surface area is 196 Å². The summed E-state index contributed by atoms with van der Waals surface area (Å²) >= 11 is 12.8. The summed E-state index contributed by atoms with van der Waals surface area (Å²) in [4.78, 5) is 14.1. The highest BCUT2D eigenvalue weighted by Gasteiger charge is 2.24. The Hall–Kier alpha value is -2.67. The molecule has 8 heteroatoms. The predicted octanol–water partition coefficient (Wildman–Crippen LogP) is 5.78. The van der Waals surface area contributed by atoms with Crippen LogP contribution >= 0.6 is 23.2 Å². The fraction of sp³-hybridized carbons (Fsp3) is 0.292. The van der Waals surface area contributed by atoms with Crippen molar-refractivity contribution in [2.45, 2.75) is 44.7 Å². The molecule has 0 spiro atoms. The number of imidazole rings is 1. The molecule has 1 aliphatic rings. The number of nitrogens with one attached hydrogen (secondary N) is 1. The average molecular weight is 467 g/mol. The maximum atomic E-state index is 6.65. The van der Waals surface area contributed by atoms with Crippen molar-refractivity contribution in [1.82, 2.24) is 19.5 Å². The van der Waals surface area contributed by atoms with Gasteiger partial charge < -0.3 is 11.1 Å². The summed E-state index contributed by atoms with van der Waals surface area (Å²) < 4.78 is 2.00. The molecule has 0 amide bonds. The molecule has 164 valence electrons. The van der Waals surface area contributed by atoms with E-state index >= 15 is 0 Å². The SMILES string of the molecule is Cc1ccc(-c2nc3c(NC4CCCC(N)C4)ncnc3n2-c2ccc(Cl)cc2)c(Cl)c1. The minimum atomic E-state index is 0.215. The van der Waals surface area contributed by atoms with Crippen molar-refractivity contribution in [3.8, 4) is 17.1 Å². The first-order valence-electron chi connectivity index (χ1n) is 10.8. The first-order chi connectivity index (χ1) is 15.5. The molecule has 3 N–H and O–H groups in total. The van der Waals surface area contributed by atoms with Crippen LogP contribution in [0.25, 0.3) is 28.2 Å². The first kappa shape index (κ1) is 21.2. The number of hydrogen-bond donors (Lipinski definition) is 2. The molecule has 2 unspecified atom stereocenters. The van der Waals surface area contributed by atoms with Crippen molar-refractivity contribution in [3.05, 3.63) is 64.4 Å². The lowest BCUT2D eigenvalue weighted by molar-refractivity contribution is 0.409. The van der Waals surface area contributed by atoms with Crippen molar-refractivity contribution >= 4 is 40.2 Å². The number of anilines is 1. The largest absolute Gasteiger partial charge is 0.365 e. The highest BCUT2D eigenvalue weighted by molar-refractivity contribution is 6.33. The second kappa shape index (κ2) is 8.70. The number of aromatic nitrogens is 4. The van der Waals surface area contributed by atoms with E-state index in [1.54, 1.807) is 6.33 Å². The van der Waals surface area contributed by atoms with Crippen LogP contribution in [-0.2, 0) is 0 Å². The van der Waals surface area contributed by atoms with E-state index in [0.29, 0.717) is 32.9 Å². The van der Waals surface area contributed by atoms with Gasteiger partial charge in [0, 0.05) is 28.4 Å². The Morgan fingerprint density at radius 1 is 1.06 bits per heavy atom. The van der Waals surface area contributed by atoms with Gasteiger partial charge in [0.1, 0.15) is 12.2 Å². The summed E-state index contributed by atoms with van der Waals surface area (Å²) in [5, 5.41) is 4.87. The Balaban J connectivity index is 1.69. The number of rotatable bonds is 4. The van der Waals surface area contributed by atoms with Gasteiger partial charge in [-0.3, -0.25) is 4.57 Å². The molecular weight excluding hydrogens is 443 g/mol. The molecular formula is C24H24Cl2N6. The maximum Gasteiger partial charge on any atom is 0.170 e. The van der Waals surface area contributed by atoms with Crippen LogP contribution in [0.4, 0.5) is 5.82 Å². The van der Waals surface area contributed by atoms with Crippen LogP contribution in [0.5, 0.6) is 0 Å². The van der Waals surface area contributed by atoms with Gasteiger partial charge in [-0.05, 0) is 74.6 Å². The second-order valence-corrected chi connectivity index (χ2v) is 9.24. The number of aryl methyl sites for hydroxylation is 1. The molecule has 1 aliphatic carbocycles. The lowest BCUT2D eigenvalue weighted by Crippen LogP contribution is -2.35. The van der Waals surface area contributed by atoms with Gasteiger partial charge in [-0.15, -0.1) is 0 Å². The molecule has 0 aliphatic heterocycles. The monoisotopic (exact) mass is 466 g/mol. The van der Waals surface area contributed by atoms with Gasteiger partial charge in [-0.1, -0.05) is 29.3 Å². The zero-order valence-electron chi connectivity index (χ0n) is 17.7. The number of halogens is 2. The quantitative estimate of drug-likeness (QED) is 0.398. The molecule has 2 heterocycles. The van der Waals surface area contributed by atoms with Gasteiger partial charge in [-0.2, -0.15) is 0 Å². The third kappa shape index (κ3) is 4.06. The van der Waals surface area contributed by atoms with Crippen molar-refractivity contribution in [3.63, 3.8) is 0 Å². The van der Waals surface area contributed by atoms with Crippen LogP contribution in [0.15, 0.2) is 48.8 Å². The molecule has 0 saturated heterocycles. The number of benzene rings is 2. The van der Waals surface area contributed by atoms with Crippen LogP contribution in [0.3, 0.4) is 0 Å². The molecule has 2 aromatic carbocycles. The fourth-order valence-corrected chi connectivity index (χ4v) is 4.81. The summed E-state index contributed by atoms with van der Waals surface area (Å²) in [5.74, 6) is 1.42. The van der Waals surface area contributed by atoms with Gasteiger partial charge in [-0.25, -0.2) is 15.0 Å². The Kier molecular flexibility index (Phi) is 5.76. The van der Waals surface area contributed by atoms with E-state index < -0.39 is 0 Å². The summed E-state index contributed by atoms with van der Waals surface area (Å²) in [6, 6.07) is 14.1. The molecule has 1 saturated carbocycles. The molecule has 5 rings (SSSR count). The van der Waals surface area contributed by atoms with Gasteiger partial charge in [0.2, 0.25) is 0 Å². The van der Waals surface area contributed by atoms with Crippen LogP contribution in [0, 0.1) is 6.92 Å². The van der Waals surface area contributed by atoms with Gasteiger partial charge in [0.15, 0.2) is 17.0 Å².